The van der Waals surface area contributed by atoms with Gasteiger partial charge in [-0.2, -0.15) is 5.10 Å². The second kappa shape index (κ2) is 11.8. The first-order valence-corrected chi connectivity index (χ1v) is 14.2. The van der Waals surface area contributed by atoms with Crippen molar-refractivity contribution in [3.63, 3.8) is 0 Å². The molecule has 2 heterocycles. The molecule has 0 atom stereocenters. The summed E-state index contributed by atoms with van der Waals surface area (Å²) in [5, 5.41) is 19.6. The molecule has 10 heteroatoms. The molecule has 8 nitrogen and oxygen atoms in total. The molecular weight excluding hydrogens is 544 g/mol. The predicted molar refractivity (Wildman–Crippen MR) is 160 cm³/mol. The number of carbonyl (C=O) groups is 3. The largest absolute Gasteiger partial charge is 0.506 e. The number of nitrogens with two attached hydrogens (primary N) is 1. The Labute approximate surface area is 240 Å². The summed E-state index contributed by atoms with van der Waals surface area (Å²) >= 11 is 2.45. The highest BCUT2D eigenvalue weighted by atomic mass is 32.1. The lowest BCUT2D eigenvalue weighted by Gasteiger charge is -2.19. The minimum Gasteiger partial charge on any atom is -0.506 e. The third kappa shape index (κ3) is 6.64. The van der Waals surface area contributed by atoms with E-state index in [0.29, 0.717) is 26.6 Å². The van der Waals surface area contributed by atoms with Crippen LogP contribution in [0.25, 0.3) is 10.4 Å². The fourth-order valence-electron chi connectivity index (χ4n) is 3.82. The number of hydrazone groups is 1. The van der Waals surface area contributed by atoms with Crippen molar-refractivity contribution >= 4 is 46.1 Å². The molecule has 0 saturated carbocycles. The molecule has 0 spiro atoms. The first-order valence-electron chi connectivity index (χ1n) is 12.5. The second-order valence-electron chi connectivity index (χ2n) is 10.2. The highest BCUT2D eigenvalue weighted by Crippen LogP contribution is 2.39. The molecule has 0 fully saturated rings. The molecule has 0 unspecified atom stereocenters. The quantitative estimate of drug-likeness (QED) is 0.160. The second-order valence-corrected chi connectivity index (χ2v) is 12.2. The molecule has 0 aliphatic rings. The van der Waals surface area contributed by atoms with Crippen LogP contribution in [0, 0.1) is 0 Å². The van der Waals surface area contributed by atoms with Gasteiger partial charge in [-0.3, -0.25) is 14.4 Å². The lowest BCUT2D eigenvalue weighted by Crippen LogP contribution is -2.22. The molecule has 4 rings (SSSR count). The average molecular weight is 575 g/mol. The molecule has 0 saturated heterocycles. The fourth-order valence-corrected chi connectivity index (χ4v) is 5.65. The van der Waals surface area contributed by atoms with Gasteiger partial charge in [-0.25, -0.2) is 5.43 Å². The number of aromatic hydroxyl groups is 1. The Morgan fingerprint density at radius 2 is 1.55 bits per heavy atom. The van der Waals surface area contributed by atoms with Crippen LogP contribution in [0.5, 0.6) is 5.75 Å². The molecule has 0 bridgehead atoms. The maximum Gasteiger partial charge on any atom is 0.281 e. The van der Waals surface area contributed by atoms with Crippen LogP contribution >= 0.6 is 22.7 Å². The highest BCUT2D eigenvalue weighted by molar-refractivity contribution is 7.16. The average Bonchev–Trinajstić information content (AvgIpc) is 3.57. The van der Waals surface area contributed by atoms with Crippen LogP contribution in [0.1, 0.15) is 74.1 Å². The number of amides is 3. The van der Waals surface area contributed by atoms with Crippen LogP contribution in [0.3, 0.4) is 0 Å². The Bertz CT molecular complexity index is 1580. The van der Waals surface area contributed by atoms with Crippen LogP contribution in [-0.4, -0.2) is 28.5 Å². The first kappa shape index (κ1) is 28.7. The summed E-state index contributed by atoms with van der Waals surface area (Å²) in [5.74, 6) is -1.19. The van der Waals surface area contributed by atoms with Gasteiger partial charge < -0.3 is 16.2 Å². The number of rotatable bonds is 8. The van der Waals surface area contributed by atoms with Crippen molar-refractivity contribution in [3.8, 4) is 16.2 Å². The molecule has 3 amide bonds. The van der Waals surface area contributed by atoms with Gasteiger partial charge in [-0.15, -0.1) is 22.7 Å². The van der Waals surface area contributed by atoms with E-state index in [2.05, 4.69) is 48.7 Å². The molecule has 206 valence electrons. The number of nitrogens with zero attached hydrogens (tertiary/aromatic N) is 1. The van der Waals surface area contributed by atoms with Gasteiger partial charge in [-0.05, 0) is 53.3 Å². The number of benzene rings is 2. The number of primary amides is 1. The maximum atomic E-state index is 12.7. The fraction of sp³-hybridized carbons (Fsp3) is 0.200. The monoisotopic (exact) mass is 574 g/mol. The Morgan fingerprint density at radius 1 is 0.925 bits per heavy atom. The van der Waals surface area contributed by atoms with E-state index in [-0.39, 0.29) is 23.6 Å². The molecule has 4 aromatic rings. The van der Waals surface area contributed by atoms with Gasteiger partial charge in [-0.1, -0.05) is 57.2 Å². The van der Waals surface area contributed by atoms with Gasteiger partial charge in [0.05, 0.1) is 25.9 Å². The van der Waals surface area contributed by atoms with Gasteiger partial charge in [0.25, 0.3) is 11.8 Å². The zero-order valence-electron chi connectivity index (χ0n) is 22.6. The molecule has 2 aromatic heterocycles. The van der Waals surface area contributed by atoms with E-state index in [1.807, 2.05) is 17.5 Å². The van der Waals surface area contributed by atoms with E-state index in [4.69, 9.17) is 5.73 Å². The molecule has 2 aromatic carbocycles. The van der Waals surface area contributed by atoms with Crippen LogP contribution in [0.2, 0.25) is 0 Å². The summed E-state index contributed by atoms with van der Waals surface area (Å²) in [6.07, 6.45) is 0. The zero-order chi connectivity index (χ0) is 29.0. The summed E-state index contributed by atoms with van der Waals surface area (Å²) in [7, 11) is 0. The van der Waals surface area contributed by atoms with Gasteiger partial charge in [0.15, 0.2) is 0 Å². The zero-order valence-corrected chi connectivity index (χ0v) is 24.2. The normalized spacial score (nSPS) is 11.8. The molecular formula is C30H30N4O4S2. The van der Waals surface area contributed by atoms with Gasteiger partial charge in [0, 0.05) is 17.5 Å². The Balaban J connectivity index is 1.36. The minimum absolute atomic E-state index is 0.0386. The maximum absolute atomic E-state index is 12.7. The SMILES string of the molecule is C/C(=N\NC(=O)c1ccc(C(=O)NCc2ccc(C(N)=O)cc2)s1)c1csc(-c2ccc(C(C)(C)C)cc2)c1O. The highest BCUT2D eigenvalue weighted by Gasteiger charge is 2.18. The Kier molecular flexibility index (Phi) is 8.51. The van der Waals surface area contributed by atoms with Crippen LogP contribution in [-0.2, 0) is 12.0 Å². The van der Waals surface area contributed by atoms with Crippen molar-refractivity contribution in [1.82, 2.24) is 10.7 Å². The van der Waals surface area contributed by atoms with Crippen molar-refractivity contribution in [2.24, 2.45) is 10.8 Å². The third-order valence-corrected chi connectivity index (χ3v) is 8.34. The van der Waals surface area contributed by atoms with Crippen molar-refractivity contribution in [1.29, 1.82) is 0 Å². The standard InChI is InChI=1S/C30H30N4O4S2/c1-17(22-16-39-26(25(22)35)19-9-11-21(12-10-19)30(2,3)4)33-34-29(38)24-14-13-23(40-24)28(37)32-15-18-5-7-20(8-6-18)27(31)36/h5-14,16,35H,15H2,1-4H3,(H2,31,36)(H,32,37)(H,34,38)/b33-17+. The number of carbonyl (C=O) groups excluding carboxylic acids is 3. The van der Waals surface area contributed by atoms with Gasteiger partial charge >= 0.3 is 0 Å². The molecule has 0 radical (unpaired) electrons. The molecule has 0 aliphatic heterocycles. The Hall–Kier alpha value is -4.28. The van der Waals surface area contributed by atoms with E-state index in [0.717, 1.165) is 27.3 Å². The summed E-state index contributed by atoms with van der Waals surface area (Å²) < 4.78 is 0. The number of hydrogen-bond donors (Lipinski definition) is 4. The predicted octanol–water partition coefficient (Wildman–Crippen LogP) is 5.66. The van der Waals surface area contributed by atoms with Gasteiger partial charge in [0.2, 0.25) is 5.91 Å². The van der Waals surface area contributed by atoms with E-state index < -0.39 is 11.8 Å². The summed E-state index contributed by atoms with van der Waals surface area (Å²) in [6.45, 7) is 8.42. The van der Waals surface area contributed by atoms with E-state index in [9.17, 15) is 19.5 Å². The summed E-state index contributed by atoms with van der Waals surface area (Å²) in [6, 6.07) is 17.9. The Morgan fingerprint density at radius 3 is 2.15 bits per heavy atom. The number of nitrogens with one attached hydrogen (secondary N) is 2. The third-order valence-electron chi connectivity index (χ3n) is 6.24. The van der Waals surface area contributed by atoms with Crippen LogP contribution < -0.4 is 16.5 Å². The van der Waals surface area contributed by atoms with E-state index in [1.165, 1.54) is 16.9 Å². The van der Waals surface area contributed by atoms with E-state index >= 15 is 0 Å². The summed E-state index contributed by atoms with van der Waals surface area (Å²) in [4.78, 5) is 37.8. The molecule has 0 aliphatic carbocycles. The van der Waals surface area contributed by atoms with Crippen molar-refractivity contribution < 1.29 is 19.5 Å². The first-order chi connectivity index (χ1) is 18.9. The topological polar surface area (TPSA) is 134 Å². The molecule has 40 heavy (non-hydrogen) atoms. The lowest BCUT2D eigenvalue weighted by atomic mass is 9.86. The summed E-state index contributed by atoms with van der Waals surface area (Å²) in [5.41, 5.74) is 12.1. The molecule has 5 N–H and O–H groups in total. The van der Waals surface area contributed by atoms with Crippen molar-refractivity contribution in [2.75, 3.05) is 0 Å². The lowest BCUT2D eigenvalue weighted by molar-refractivity contribution is 0.0950. The van der Waals surface area contributed by atoms with Crippen LogP contribution in [0.15, 0.2) is 71.1 Å². The minimum atomic E-state index is -0.515. The van der Waals surface area contributed by atoms with Crippen LogP contribution in [0.4, 0.5) is 0 Å². The van der Waals surface area contributed by atoms with Crippen molar-refractivity contribution in [3.05, 3.63) is 98.1 Å². The van der Waals surface area contributed by atoms with Gasteiger partial charge in [0.1, 0.15) is 5.75 Å². The number of thiophene rings is 2. The van der Waals surface area contributed by atoms with E-state index in [1.54, 1.807) is 43.3 Å². The number of hydrogen-bond acceptors (Lipinski definition) is 7. The van der Waals surface area contributed by atoms with Crippen molar-refractivity contribution in [2.45, 2.75) is 39.7 Å². The smallest absolute Gasteiger partial charge is 0.281 e.